The van der Waals surface area contributed by atoms with Gasteiger partial charge in [0.1, 0.15) is 0 Å². The third-order valence-corrected chi connectivity index (χ3v) is 30.3. The number of nitrogens with one attached hydrogen (secondary N) is 1. The van der Waals surface area contributed by atoms with Gasteiger partial charge in [0, 0.05) is 67.2 Å². The van der Waals surface area contributed by atoms with Crippen molar-refractivity contribution in [3.05, 3.63) is 534 Å². The Kier molecular flexibility index (Phi) is 20.2. The Hall–Kier alpha value is -16.5. The van der Waals surface area contributed by atoms with Crippen molar-refractivity contribution in [1.29, 1.82) is 0 Å². The maximum absolute atomic E-state index is 4.69. The first-order valence-electron chi connectivity index (χ1n) is 49.4. The van der Waals surface area contributed by atoms with Crippen LogP contribution in [0.3, 0.4) is 0 Å². The first-order valence-corrected chi connectivity index (χ1v) is 49.4. The molecule has 0 radical (unpaired) electrons. The van der Waals surface area contributed by atoms with Crippen LogP contribution in [0.2, 0.25) is 0 Å². The molecule has 0 fully saturated rings. The van der Waals surface area contributed by atoms with Gasteiger partial charge in [-0.25, -0.2) is 0 Å². The Labute approximate surface area is 822 Å². The molecule has 0 spiro atoms. The molecule has 1 N–H and O–H groups in total. The predicted octanol–water partition coefficient (Wildman–Crippen LogP) is 33.4. The number of anilines is 11. The Morgan fingerprint density at radius 3 is 0.986 bits per heavy atom. The van der Waals surface area contributed by atoms with Gasteiger partial charge in [-0.05, 0) is 266 Å². The van der Waals surface area contributed by atoms with E-state index in [4.69, 9.17) is 5.32 Å². The summed E-state index contributed by atoms with van der Waals surface area (Å²) in [5.74, 6) is 0. The fourth-order valence-electron chi connectivity index (χ4n) is 23.6. The summed E-state index contributed by atoms with van der Waals surface area (Å²) in [7, 11) is 0. The summed E-state index contributed by atoms with van der Waals surface area (Å²) in [4.78, 5) is 7.89. The van der Waals surface area contributed by atoms with E-state index in [1.54, 1.807) is 0 Å². The van der Waals surface area contributed by atoms with E-state index in [0.717, 1.165) is 157 Å². The number of nitrogens with zero attached hydrogens (tertiary/aromatic N) is 4. The van der Waals surface area contributed by atoms with Crippen LogP contribution < -0.4 is 36.4 Å². The van der Waals surface area contributed by atoms with Gasteiger partial charge in [-0.15, -0.1) is 0 Å². The number of rotatable bonds is 9. The minimum atomic E-state index is -0.716. The van der Waals surface area contributed by atoms with Crippen molar-refractivity contribution in [3.8, 4) is 72.4 Å². The van der Waals surface area contributed by atoms with Crippen LogP contribution in [0.4, 0.5) is 62.6 Å². The molecule has 6 heterocycles. The van der Waals surface area contributed by atoms with Crippen LogP contribution in [0, 0.1) is 0 Å². The highest BCUT2D eigenvalue weighted by Gasteiger charge is 2.50. The zero-order valence-corrected chi connectivity index (χ0v) is 80.4. The molecule has 10 bridgehead atoms. The standard InChI is InChI=1S/C134H106BN5/c1-130(2,3)100-69-72-117-126(85-100)140-127-87-105(139-124-65-37-33-61-114(124)134(98-53-25-14-26-54-98,99-55-27-15-28-56-99)115-62-34-38-66-125(115)139)71-74-118(127)135(117)116-73-70-104(138-122-63-35-31-59-112(122)133(96-49-21-12-22-50-96,97-51-23-13-24-52-97)113-60-32-36-64-123(113)138)86-119(116)136-128-106(88-41-17-10-18-42-88)81-101(131(4,5)6)82-107(128)94-47-39-45-90(77-94)92-67-75-120-110(79-92)111-80-93(68-76-121(111)137(120)103-57-29-16-30-58-103)91-46-40-48-95(78-91)109-84-102(132(7,8)9)83-108(129(109)140)89-43-19-11-20-44-89/h10-87,136H,1-9H3. The molecule has 5 nitrogen and oxygen atoms in total. The Morgan fingerprint density at radius 1 is 0.221 bits per heavy atom. The molecule has 0 saturated heterocycles. The van der Waals surface area contributed by atoms with Crippen LogP contribution in [-0.4, -0.2) is 11.3 Å². The molecule has 1 aromatic heterocycles. The SMILES string of the molecule is CC(C)(C)c1cc(-c2ccccc2)c2c(c1)-c1cccc(c1)-c1ccc3c(c1)c1cc(ccc1n3-c1ccccc1)-c1cccc(c1)-c1cc(C(C)(C)C)cc(-c3ccccc3)c1N1c3cc(N4c5ccccc5C(c5ccccc5)(c5ccccc5)c5ccccc54)ccc3B(c3ccc(N4c5ccccc5C(c5ccccc5)(c5ccccc5)c5ccccc54)cc3N2)c2ccc(C(C)(C)C)cc21. The highest BCUT2D eigenvalue weighted by atomic mass is 15.2. The maximum atomic E-state index is 4.69. The summed E-state index contributed by atoms with van der Waals surface area (Å²) >= 11 is 0. The van der Waals surface area contributed by atoms with E-state index in [9.17, 15) is 0 Å². The molecule has 0 aliphatic carbocycles. The van der Waals surface area contributed by atoms with E-state index in [0.29, 0.717) is 0 Å². The summed E-state index contributed by atoms with van der Waals surface area (Å²) < 4.78 is 2.46. The van der Waals surface area contributed by atoms with E-state index >= 15 is 0 Å². The molecule has 0 atom stereocenters. The summed E-state index contributed by atoms with van der Waals surface area (Å²) in [5.41, 5.74) is 42.7. The number of fused-ring (bicyclic) bond motifs is 4. The highest BCUT2D eigenvalue weighted by molar-refractivity contribution is 6.99. The summed E-state index contributed by atoms with van der Waals surface area (Å²) in [6.45, 7) is 20.9. The second-order valence-electron chi connectivity index (χ2n) is 41.5. The van der Waals surface area contributed by atoms with Crippen molar-refractivity contribution in [2.45, 2.75) is 89.4 Å². The van der Waals surface area contributed by atoms with Crippen LogP contribution in [0.15, 0.2) is 473 Å². The first-order chi connectivity index (χ1) is 68.3. The smallest absolute Gasteiger partial charge is 0.249 e. The molecular formula is C134H106BN5. The lowest BCUT2D eigenvalue weighted by molar-refractivity contribution is 0.590. The molecule has 26 rings (SSSR count). The summed E-state index contributed by atoms with van der Waals surface area (Å²) in [6.07, 6.45) is 0. The third-order valence-electron chi connectivity index (χ3n) is 30.3. The number of hydrogen-bond donors (Lipinski definition) is 1. The molecule has 0 amide bonds. The number of aromatic nitrogens is 1. The lowest BCUT2D eigenvalue weighted by Gasteiger charge is -2.47. The number of hydrogen-bond acceptors (Lipinski definition) is 4. The van der Waals surface area contributed by atoms with Crippen LogP contribution in [0.25, 0.3) is 94.3 Å². The van der Waals surface area contributed by atoms with Crippen molar-refractivity contribution in [1.82, 2.24) is 4.57 Å². The van der Waals surface area contributed by atoms with Crippen LogP contribution in [0.5, 0.6) is 0 Å². The molecule has 5 aliphatic rings. The monoisotopic (exact) mass is 1800 g/mol. The molecule has 670 valence electrons. The molecule has 6 heteroatoms. The number of benzene rings is 20. The fraction of sp³-hybridized carbons (Fsp3) is 0.104. The van der Waals surface area contributed by atoms with E-state index in [-0.39, 0.29) is 16.2 Å². The van der Waals surface area contributed by atoms with Crippen molar-refractivity contribution in [2.75, 3.05) is 20.0 Å². The van der Waals surface area contributed by atoms with Gasteiger partial charge in [-0.1, -0.05) is 408 Å². The van der Waals surface area contributed by atoms with E-state index < -0.39 is 17.5 Å². The zero-order chi connectivity index (χ0) is 94.5. The van der Waals surface area contributed by atoms with Crippen LogP contribution in [0.1, 0.15) is 124 Å². The third kappa shape index (κ3) is 13.7. The van der Waals surface area contributed by atoms with Gasteiger partial charge in [0.2, 0.25) is 6.71 Å². The first kappa shape index (κ1) is 85.2. The summed E-state index contributed by atoms with van der Waals surface area (Å²) in [6, 6.07) is 181. The van der Waals surface area contributed by atoms with Gasteiger partial charge in [0.05, 0.1) is 56.0 Å². The zero-order valence-electron chi connectivity index (χ0n) is 80.4. The fourth-order valence-corrected chi connectivity index (χ4v) is 23.6. The van der Waals surface area contributed by atoms with E-state index in [2.05, 4.69) is 555 Å². The Balaban J connectivity index is 0.838. The minimum Gasteiger partial charge on any atom is -0.355 e. The molecule has 0 saturated carbocycles. The average molecular weight is 1800 g/mol. The van der Waals surface area contributed by atoms with Gasteiger partial charge < -0.3 is 24.6 Å². The van der Waals surface area contributed by atoms with Crippen molar-refractivity contribution >= 4 is 107 Å². The largest absolute Gasteiger partial charge is 0.355 e. The van der Waals surface area contributed by atoms with Gasteiger partial charge in [0.15, 0.2) is 0 Å². The second-order valence-corrected chi connectivity index (χ2v) is 41.5. The van der Waals surface area contributed by atoms with Gasteiger partial charge in [0.25, 0.3) is 0 Å². The molecular weight excluding hydrogens is 1690 g/mol. The topological polar surface area (TPSA) is 26.7 Å². The second kappa shape index (κ2) is 33.1. The lowest BCUT2D eigenvalue weighted by Crippen LogP contribution is -2.58. The quantitative estimate of drug-likeness (QED) is 0.146. The van der Waals surface area contributed by atoms with Crippen molar-refractivity contribution in [3.63, 3.8) is 0 Å². The van der Waals surface area contributed by atoms with Crippen molar-refractivity contribution in [2.24, 2.45) is 0 Å². The van der Waals surface area contributed by atoms with Gasteiger partial charge in [-0.2, -0.15) is 0 Å². The van der Waals surface area contributed by atoms with E-state index in [1.165, 1.54) is 77.4 Å². The highest BCUT2D eigenvalue weighted by Crippen LogP contribution is 2.62. The van der Waals surface area contributed by atoms with Crippen LogP contribution >= 0.6 is 0 Å². The molecule has 21 aromatic rings. The Bertz CT molecular complexity index is 8270. The summed E-state index contributed by atoms with van der Waals surface area (Å²) in [5, 5.41) is 7.05. The minimum absolute atomic E-state index is 0.285. The molecule has 0 unspecified atom stereocenters. The number of para-hydroxylation sites is 5. The lowest BCUT2D eigenvalue weighted by atomic mass is 9.34. The molecule has 5 aliphatic heterocycles. The van der Waals surface area contributed by atoms with Gasteiger partial charge >= 0.3 is 0 Å². The van der Waals surface area contributed by atoms with Crippen LogP contribution in [-0.2, 0) is 27.1 Å². The average Bonchev–Trinajstić information content (AvgIpc) is 0.833. The normalized spacial score (nSPS) is 13.7. The maximum Gasteiger partial charge on any atom is 0.249 e. The van der Waals surface area contributed by atoms with Gasteiger partial charge in [-0.3, -0.25) is 0 Å². The Morgan fingerprint density at radius 2 is 0.550 bits per heavy atom. The van der Waals surface area contributed by atoms with E-state index in [1.807, 2.05) is 0 Å². The molecule has 140 heavy (non-hydrogen) atoms. The van der Waals surface area contributed by atoms with Crippen molar-refractivity contribution < 1.29 is 0 Å². The predicted molar refractivity (Wildman–Crippen MR) is 592 cm³/mol. The molecule has 20 aromatic carbocycles.